The molecule has 2 atom stereocenters. The van der Waals surface area contributed by atoms with E-state index < -0.39 is 0 Å². The van der Waals surface area contributed by atoms with Crippen LogP contribution in [0.5, 0.6) is 5.75 Å². The standard InChI is InChI=1S/C14H19NO2/c1-16-12-6-2-4-10-7-9-17-14(13(10)12)11-5-3-8-15-11/h2,4,6,11,14-15H,3,5,7-9H2,1H3/t11?,14-/m0/s1. The number of ether oxygens (including phenoxy) is 2. The average Bonchev–Trinajstić information content (AvgIpc) is 2.91. The number of benzene rings is 1. The van der Waals surface area contributed by atoms with Gasteiger partial charge in [-0.2, -0.15) is 0 Å². The van der Waals surface area contributed by atoms with Crippen LogP contribution in [0.25, 0.3) is 0 Å². The molecule has 92 valence electrons. The molecule has 2 heterocycles. The molecule has 3 nitrogen and oxygen atoms in total. The Morgan fingerprint density at radius 2 is 2.35 bits per heavy atom. The summed E-state index contributed by atoms with van der Waals surface area (Å²) in [5.74, 6) is 0.973. The first-order valence-electron chi connectivity index (χ1n) is 6.41. The van der Waals surface area contributed by atoms with Gasteiger partial charge in [0.1, 0.15) is 11.9 Å². The van der Waals surface area contributed by atoms with Crippen LogP contribution >= 0.6 is 0 Å². The van der Waals surface area contributed by atoms with Gasteiger partial charge in [0.25, 0.3) is 0 Å². The minimum absolute atomic E-state index is 0.164. The second kappa shape index (κ2) is 4.67. The fraction of sp³-hybridized carbons (Fsp3) is 0.571. The highest BCUT2D eigenvalue weighted by atomic mass is 16.5. The molecule has 3 heteroatoms. The van der Waals surface area contributed by atoms with Crippen molar-refractivity contribution in [2.75, 3.05) is 20.3 Å². The highest BCUT2D eigenvalue weighted by Gasteiger charge is 2.32. The lowest BCUT2D eigenvalue weighted by atomic mass is 9.91. The number of fused-ring (bicyclic) bond motifs is 1. The molecule has 0 saturated carbocycles. The first kappa shape index (κ1) is 11.1. The number of nitrogens with one attached hydrogen (secondary N) is 1. The molecule has 0 aliphatic carbocycles. The zero-order chi connectivity index (χ0) is 11.7. The molecule has 17 heavy (non-hydrogen) atoms. The largest absolute Gasteiger partial charge is 0.496 e. The van der Waals surface area contributed by atoms with Crippen LogP contribution in [0.4, 0.5) is 0 Å². The van der Waals surface area contributed by atoms with Gasteiger partial charge in [-0.3, -0.25) is 0 Å². The molecule has 0 bridgehead atoms. The molecule has 2 aliphatic rings. The Bertz CT molecular complexity index is 385. The van der Waals surface area contributed by atoms with Crippen molar-refractivity contribution in [3.8, 4) is 5.75 Å². The van der Waals surface area contributed by atoms with E-state index in [-0.39, 0.29) is 6.10 Å². The zero-order valence-corrected chi connectivity index (χ0v) is 10.2. The predicted octanol–water partition coefficient (Wildman–Crippen LogP) is 2.06. The minimum Gasteiger partial charge on any atom is -0.496 e. The smallest absolute Gasteiger partial charge is 0.125 e. The number of hydrogen-bond donors (Lipinski definition) is 1. The lowest BCUT2D eigenvalue weighted by molar-refractivity contribution is 0.0182. The summed E-state index contributed by atoms with van der Waals surface area (Å²) in [6.07, 6.45) is 3.60. The van der Waals surface area contributed by atoms with Gasteiger partial charge in [-0.05, 0) is 37.4 Å². The maximum Gasteiger partial charge on any atom is 0.125 e. The molecule has 3 rings (SSSR count). The van der Waals surface area contributed by atoms with Gasteiger partial charge in [0.15, 0.2) is 0 Å². The molecule has 1 N–H and O–H groups in total. The van der Waals surface area contributed by atoms with Gasteiger partial charge in [0.05, 0.1) is 13.7 Å². The van der Waals surface area contributed by atoms with Crippen molar-refractivity contribution in [3.63, 3.8) is 0 Å². The van der Waals surface area contributed by atoms with Gasteiger partial charge in [0.2, 0.25) is 0 Å². The van der Waals surface area contributed by atoms with Gasteiger partial charge in [-0.15, -0.1) is 0 Å². The predicted molar refractivity (Wildman–Crippen MR) is 66.4 cm³/mol. The van der Waals surface area contributed by atoms with Crippen LogP contribution in [0.2, 0.25) is 0 Å². The molecule has 0 spiro atoms. The summed E-state index contributed by atoms with van der Waals surface area (Å²) in [6.45, 7) is 1.93. The minimum atomic E-state index is 0.164. The summed E-state index contributed by atoms with van der Waals surface area (Å²) in [7, 11) is 1.74. The Morgan fingerprint density at radius 3 is 3.12 bits per heavy atom. The van der Waals surface area contributed by atoms with Crippen molar-refractivity contribution < 1.29 is 9.47 Å². The fourth-order valence-electron chi connectivity index (χ4n) is 2.97. The third kappa shape index (κ3) is 1.94. The molecule has 1 aromatic carbocycles. The van der Waals surface area contributed by atoms with Crippen LogP contribution in [-0.2, 0) is 11.2 Å². The van der Waals surface area contributed by atoms with Crippen LogP contribution in [0, 0.1) is 0 Å². The third-order valence-corrected chi connectivity index (χ3v) is 3.79. The van der Waals surface area contributed by atoms with Crippen LogP contribution < -0.4 is 10.1 Å². The van der Waals surface area contributed by atoms with Crippen molar-refractivity contribution >= 4 is 0 Å². The van der Waals surface area contributed by atoms with Gasteiger partial charge >= 0.3 is 0 Å². The first-order valence-corrected chi connectivity index (χ1v) is 6.41. The van der Waals surface area contributed by atoms with Crippen LogP contribution in [0.3, 0.4) is 0 Å². The van der Waals surface area contributed by atoms with Gasteiger partial charge in [-0.25, -0.2) is 0 Å². The summed E-state index contributed by atoms with van der Waals surface area (Å²) in [6, 6.07) is 6.75. The van der Waals surface area contributed by atoms with Crippen molar-refractivity contribution in [2.45, 2.75) is 31.4 Å². The van der Waals surface area contributed by atoms with E-state index in [0.717, 1.165) is 25.3 Å². The summed E-state index contributed by atoms with van der Waals surface area (Å²) < 4.78 is 11.5. The highest BCUT2D eigenvalue weighted by Crippen LogP contribution is 2.38. The highest BCUT2D eigenvalue weighted by molar-refractivity contribution is 5.44. The van der Waals surface area contributed by atoms with E-state index in [4.69, 9.17) is 9.47 Å². The monoisotopic (exact) mass is 233 g/mol. The quantitative estimate of drug-likeness (QED) is 0.848. The molecule has 1 aromatic rings. The molecule has 2 aliphatic heterocycles. The van der Waals surface area contributed by atoms with E-state index in [2.05, 4.69) is 17.4 Å². The molecular weight excluding hydrogens is 214 g/mol. The lowest BCUT2D eigenvalue weighted by Gasteiger charge is -2.31. The van der Waals surface area contributed by atoms with E-state index in [1.54, 1.807) is 7.11 Å². The molecule has 0 aromatic heterocycles. The first-order chi connectivity index (χ1) is 8.40. The van der Waals surface area contributed by atoms with E-state index >= 15 is 0 Å². The zero-order valence-electron chi connectivity index (χ0n) is 10.2. The van der Waals surface area contributed by atoms with Crippen LogP contribution in [-0.4, -0.2) is 26.3 Å². The molecule has 0 amide bonds. The van der Waals surface area contributed by atoms with Gasteiger partial charge in [-0.1, -0.05) is 12.1 Å². The second-order valence-corrected chi connectivity index (χ2v) is 4.78. The Morgan fingerprint density at radius 1 is 1.41 bits per heavy atom. The Balaban J connectivity index is 1.99. The molecule has 1 saturated heterocycles. The average molecular weight is 233 g/mol. The van der Waals surface area contributed by atoms with Crippen molar-refractivity contribution in [3.05, 3.63) is 29.3 Å². The molecule has 1 unspecified atom stereocenters. The summed E-state index contributed by atoms with van der Waals surface area (Å²) in [5, 5.41) is 3.54. The van der Waals surface area contributed by atoms with Crippen molar-refractivity contribution in [1.82, 2.24) is 5.32 Å². The Labute approximate surface area is 102 Å². The number of methoxy groups -OCH3 is 1. The molecular formula is C14H19NO2. The second-order valence-electron chi connectivity index (χ2n) is 4.78. The Kier molecular flexibility index (Phi) is 3.04. The lowest BCUT2D eigenvalue weighted by Crippen LogP contribution is -2.34. The maximum atomic E-state index is 5.99. The summed E-state index contributed by atoms with van der Waals surface area (Å²) in [4.78, 5) is 0. The maximum absolute atomic E-state index is 5.99. The van der Waals surface area contributed by atoms with E-state index in [1.807, 2.05) is 6.07 Å². The molecule has 0 radical (unpaired) electrons. The van der Waals surface area contributed by atoms with Crippen molar-refractivity contribution in [1.29, 1.82) is 0 Å². The topological polar surface area (TPSA) is 30.5 Å². The molecule has 1 fully saturated rings. The van der Waals surface area contributed by atoms with Gasteiger partial charge in [0, 0.05) is 11.6 Å². The van der Waals surface area contributed by atoms with E-state index in [1.165, 1.54) is 24.0 Å². The van der Waals surface area contributed by atoms with E-state index in [9.17, 15) is 0 Å². The number of hydrogen-bond acceptors (Lipinski definition) is 3. The number of rotatable bonds is 2. The van der Waals surface area contributed by atoms with E-state index in [0.29, 0.717) is 6.04 Å². The fourth-order valence-corrected chi connectivity index (χ4v) is 2.97. The van der Waals surface area contributed by atoms with Crippen molar-refractivity contribution in [2.24, 2.45) is 0 Å². The normalized spacial score (nSPS) is 27.8. The Hall–Kier alpha value is -1.06. The third-order valence-electron chi connectivity index (χ3n) is 3.79. The van der Waals surface area contributed by atoms with Crippen LogP contribution in [0.1, 0.15) is 30.1 Å². The summed E-state index contributed by atoms with van der Waals surface area (Å²) in [5.41, 5.74) is 2.65. The van der Waals surface area contributed by atoms with Crippen LogP contribution in [0.15, 0.2) is 18.2 Å². The summed E-state index contributed by atoms with van der Waals surface area (Å²) >= 11 is 0. The SMILES string of the molecule is COc1cccc2c1[C@H](C1CCCN1)OCC2. The van der Waals surface area contributed by atoms with Gasteiger partial charge < -0.3 is 14.8 Å².